The number of fused-ring (bicyclic) bond motifs is 1. The molecule has 32 heavy (non-hydrogen) atoms. The number of nitrogens with zero attached hydrogens (tertiary/aromatic N) is 3. The number of aromatic nitrogens is 2. The van der Waals surface area contributed by atoms with Crippen molar-refractivity contribution in [3.8, 4) is 23.3 Å². The molecule has 4 aromatic rings. The van der Waals surface area contributed by atoms with Crippen LogP contribution in [0, 0.1) is 11.8 Å². The second-order valence-corrected chi connectivity index (χ2v) is 7.77. The zero-order valence-electron chi connectivity index (χ0n) is 18.1. The highest BCUT2D eigenvalue weighted by atomic mass is 16.5. The summed E-state index contributed by atoms with van der Waals surface area (Å²) >= 11 is 0. The van der Waals surface area contributed by atoms with Crippen molar-refractivity contribution in [2.75, 3.05) is 12.0 Å². The SMILES string of the molecule is COc1cc(O)ccc1N(c1ccccc1)c1ncnc2ccc(C#CC(C)(C)O)cc12. The van der Waals surface area contributed by atoms with Crippen LogP contribution in [0.15, 0.2) is 73.1 Å². The molecule has 160 valence electrons. The number of aliphatic hydroxyl groups is 1. The van der Waals surface area contributed by atoms with Gasteiger partial charge in [0.25, 0.3) is 0 Å². The first-order chi connectivity index (χ1) is 15.4. The molecular formula is C26H23N3O3. The minimum absolute atomic E-state index is 0.107. The minimum atomic E-state index is -1.10. The molecule has 0 fully saturated rings. The number of hydrogen-bond donors (Lipinski definition) is 2. The largest absolute Gasteiger partial charge is 0.508 e. The molecule has 0 saturated carbocycles. The molecule has 1 aromatic heterocycles. The molecule has 1 heterocycles. The van der Waals surface area contributed by atoms with Gasteiger partial charge in [-0.05, 0) is 56.3 Å². The summed E-state index contributed by atoms with van der Waals surface area (Å²) < 4.78 is 5.57. The van der Waals surface area contributed by atoms with Gasteiger partial charge in [-0.2, -0.15) is 0 Å². The van der Waals surface area contributed by atoms with Crippen LogP contribution in [0.25, 0.3) is 10.9 Å². The van der Waals surface area contributed by atoms with Crippen LogP contribution in [0.3, 0.4) is 0 Å². The van der Waals surface area contributed by atoms with Crippen LogP contribution in [0.4, 0.5) is 17.2 Å². The Labute approximate surface area is 186 Å². The molecule has 4 rings (SSSR count). The minimum Gasteiger partial charge on any atom is -0.508 e. The lowest BCUT2D eigenvalue weighted by atomic mass is 10.1. The lowest BCUT2D eigenvalue weighted by molar-refractivity contribution is 0.143. The van der Waals surface area contributed by atoms with E-state index in [1.54, 1.807) is 39.2 Å². The van der Waals surface area contributed by atoms with Crippen molar-refractivity contribution in [2.45, 2.75) is 19.4 Å². The van der Waals surface area contributed by atoms with Gasteiger partial charge in [-0.3, -0.25) is 4.90 Å². The van der Waals surface area contributed by atoms with Gasteiger partial charge in [0, 0.05) is 22.7 Å². The molecule has 3 aromatic carbocycles. The van der Waals surface area contributed by atoms with E-state index < -0.39 is 5.60 Å². The Hall–Kier alpha value is -4.08. The monoisotopic (exact) mass is 425 g/mol. The van der Waals surface area contributed by atoms with Gasteiger partial charge in [-0.15, -0.1) is 0 Å². The number of ether oxygens (including phenoxy) is 1. The molecule has 0 spiro atoms. The fraction of sp³-hybridized carbons (Fsp3) is 0.154. The van der Waals surface area contributed by atoms with Crippen molar-refractivity contribution in [3.63, 3.8) is 0 Å². The van der Waals surface area contributed by atoms with Gasteiger partial charge < -0.3 is 14.9 Å². The quantitative estimate of drug-likeness (QED) is 0.451. The number of phenolic OH excluding ortho intramolecular Hbond substituents is 1. The van der Waals surface area contributed by atoms with Crippen molar-refractivity contribution in [1.29, 1.82) is 0 Å². The van der Waals surface area contributed by atoms with Crippen LogP contribution in [0.2, 0.25) is 0 Å². The summed E-state index contributed by atoms with van der Waals surface area (Å²) in [5, 5.41) is 20.7. The molecule has 0 aliphatic carbocycles. The number of aromatic hydroxyl groups is 1. The second kappa shape index (κ2) is 8.58. The molecule has 6 nitrogen and oxygen atoms in total. The van der Waals surface area contributed by atoms with E-state index in [4.69, 9.17) is 4.74 Å². The third-order valence-electron chi connectivity index (χ3n) is 4.76. The van der Waals surface area contributed by atoms with Gasteiger partial charge in [0.1, 0.15) is 29.2 Å². The summed E-state index contributed by atoms with van der Waals surface area (Å²) in [6.45, 7) is 3.29. The van der Waals surface area contributed by atoms with Gasteiger partial charge in [0.05, 0.1) is 18.3 Å². The first-order valence-electron chi connectivity index (χ1n) is 10.1. The van der Waals surface area contributed by atoms with E-state index in [2.05, 4.69) is 21.8 Å². The Bertz CT molecular complexity index is 1320. The topological polar surface area (TPSA) is 78.7 Å². The van der Waals surface area contributed by atoms with Crippen LogP contribution in [0.1, 0.15) is 19.4 Å². The number of anilines is 3. The molecule has 0 aliphatic heterocycles. The van der Waals surface area contributed by atoms with Crippen LogP contribution in [0.5, 0.6) is 11.5 Å². The lowest BCUT2D eigenvalue weighted by Crippen LogP contribution is -2.14. The highest BCUT2D eigenvalue weighted by Gasteiger charge is 2.21. The van der Waals surface area contributed by atoms with Crippen molar-refractivity contribution >= 4 is 28.1 Å². The molecule has 0 radical (unpaired) electrons. The zero-order chi connectivity index (χ0) is 22.7. The molecule has 0 atom stereocenters. The van der Waals surface area contributed by atoms with E-state index in [9.17, 15) is 10.2 Å². The first kappa shape index (κ1) is 21.2. The van der Waals surface area contributed by atoms with Crippen LogP contribution >= 0.6 is 0 Å². The Morgan fingerprint density at radius 1 is 0.969 bits per heavy atom. The van der Waals surface area contributed by atoms with Crippen LogP contribution in [-0.4, -0.2) is 32.9 Å². The van der Waals surface area contributed by atoms with E-state index in [1.807, 2.05) is 53.4 Å². The van der Waals surface area contributed by atoms with Gasteiger partial charge in [0.15, 0.2) is 0 Å². The molecule has 0 unspecified atom stereocenters. The van der Waals surface area contributed by atoms with E-state index in [0.29, 0.717) is 17.3 Å². The lowest BCUT2D eigenvalue weighted by Gasteiger charge is -2.26. The summed E-state index contributed by atoms with van der Waals surface area (Å²) in [6.07, 6.45) is 1.52. The molecule has 0 aliphatic rings. The van der Waals surface area contributed by atoms with Gasteiger partial charge in [-0.1, -0.05) is 30.0 Å². The fourth-order valence-corrected chi connectivity index (χ4v) is 3.33. The number of phenols is 1. The van der Waals surface area contributed by atoms with Crippen LogP contribution < -0.4 is 9.64 Å². The second-order valence-electron chi connectivity index (χ2n) is 7.77. The maximum Gasteiger partial charge on any atom is 0.149 e. The van der Waals surface area contributed by atoms with Crippen molar-refractivity contribution in [3.05, 3.63) is 78.6 Å². The third kappa shape index (κ3) is 4.48. The fourth-order valence-electron chi connectivity index (χ4n) is 3.33. The number of hydrogen-bond acceptors (Lipinski definition) is 6. The number of methoxy groups -OCH3 is 1. The van der Waals surface area contributed by atoms with Gasteiger partial charge >= 0.3 is 0 Å². The van der Waals surface area contributed by atoms with E-state index in [-0.39, 0.29) is 5.75 Å². The smallest absolute Gasteiger partial charge is 0.149 e. The molecule has 2 N–H and O–H groups in total. The molecule has 0 bridgehead atoms. The molecule has 6 heteroatoms. The van der Waals surface area contributed by atoms with Crippen molar-refractivity contribution < 1.29 is 14.9 Å². The molecule has 0 amide bonds. The zero-order valence-corrected chi connectivity index (χ0v) is 18.1. The standard InChI is InChI=1S/C26H23N3O3/c1-26(2,31)14-13-18-9-11-22-21(15-18)25(28-17-27-22)29(19-7-5-4-6-8-19)23-12-10-20(30)16-24(23)32-3/h4-12,15-17,30-31H,1-3H3. The first-order valence-corrected chi connectivity index (χ1v) is 10.1. The Morgan fingerprint density at radius 2 is 1.75 bits per heavy atom. The maximum absolute atomic E-state index is 9.97. The summed E-state index contributed by atoms with van der Waals surface area (Å²) in [5.74, 6) is 7.11. The van der Waals surface area contributed by atoms with Crippen molar-refractivity contribution in [2.24, 2.45) is 0 Å². The highest BCUT2D eigenvalue weighted by molar-refractivity contribution is 5.96. The Morgan fingerprint density at radius 3 is 2.47 bits per heavy atom. The predicted octanol–water partition coefficient (Wildman–Crippen LogP) is 4.94. The molecular weight excluding hydrogens is 402 g/mol. The summed E-state index contributed by atoms with van der Waals surface area (Å²) in [5.41, 5.74) is 1.97. The average Bonchev–Trinajstić information content (AvgIpc) is 2.79. The summed E-state index contributed by atoms with van der Waals surface area (Å²) in [4.78, 5) is 11.0. The van der Waals surface area contributed by atoms with E-state index in [1.165, 1.54) is 6.33 Å². The van der Waals surface area contributed by atoms with Crippen molar-refractivity contribution in [1.82, 2.24) is 9.97 Å². The van der Waals surface area contributed by atoms with Gasteiger partial charge in [-0.25, -0.2) is 9.97 Å². The average molecular weight is 425 g/mol. The van der Waals surface area contributed by atoms with E-state index >= 15 is 0 Å². The van der Waals surface area contributed by atoms with Gasteiger partial charge in [0.2, 0.25) is 0 Å². The maximum atomic E-state index is 9.97. The Balaban J connectivity index is 1.97. The number of rotatable bonds is 4. The summed E-state index contributed by atoms with van der Waals surface area (Å²) in [7, 11) is 1.56. The normalized spacial score (nSPS) is 11.0. The predicted molar refractivity (Wildman–Crippen MR) is 126 cm³/mol. The number of benzene rings is 3. The van der Waals surface area contributed by atoms with Crippen LogP contribution in [-0.2, 0) is 0 Å². The van der Waals surface area contributed by atoms with E-state index in [0.717, 1.165) is 22.2 Å². The summed E-state index contributed by atoms with van der Waals surface area (Å²) in [6, 6.07) is 20.4. The highest BCUT2D eigenvalue weighted by Crippen LogP contribution is 2.42. The third-order valence-corrected chi connectivity index (χ3v) is 4.76. The molecule has 0 saturated heterocycles. The Kier molecular flexibility index (Phi) is 5.67. The number of para-hydroxylation sites is 1.